The second-order valence-electron chi connectivity index (χ2n) is 5.94. The molecule has 0 bridgehead atoms. The van der Waals surface area contributed by atoms with Crippen molar-refractivity contribution in [1.29, 1.82) is 0 Å². The Labute approximate surface area is 160 Å². The van der Waals surface area contributed by atoms with Crippen LogP contribution in [0.2, 0.25) is 5.02 Å². The van der Waals surface area contributed by atoms with Crippen LogP contribution in [-0.4, -0.2) is 10.9 Å². The predicted octanol–water partition coefficient (Wildman–Crippen LogP) is 4.60. The molecule has 0 radical (unpaired) electrons. The Morgan fingerprint density at radius 2 is 2.07 bits per heavy atom. The summed E-state index contributed by atoms with van der Waals surface area (Å²) in [5, 5.41) is 3.19. The van der Waals surface area contributed by atoms with Gasteiger partial charge in [0.1, 0.15) is 12.4 Å². The number of nitrogen functional groups attached to an aromatic ring is 1. The van der Waals surface area contributed by atoms with Crippen molar-refractivity contribution in [3.63, 3.8) is 0 Å². The van der Waals surface area contributed by atoms with Crippen molar-refractivity contribution in [2.45, 2.75) is 13.5 Å². The molecule has 5 nitrogen and oxygen atoms in total. The van der Waals surface area contributed by atoms with Crippen LogP contribution in [-0.2, 0) is 6.61 Å². The molecule has 3 N–H and O–H groups in total. The number of aryl methyl sites for hydroxylation is 1. The first-order valence-electron chi connectivity index (χ1n) is 8.12. The number of amides is 1. The summed E-state index contributed by atoms with van der Waals surface area (Å²) in [5.41, 5.74) is 8.12. The number of hydrogen-bond acceptors (Lipinski definition) is 4. The highest BCUT2D eigenvalue weighted by Gasteiger charge is 2.11. The standard InChI is InChI=1S/C20H17ClFN3O2/c1-12-5-6-15(22)9-17(12)20(26)25-16-4-2-3-13(7-16)11-27-18-8-14(21)10-24-19(18)23/h2-10H,11H2,1H3,(H2,23,24)(H,25,26). The number of ether oxygens (including phenoxy) is 1. The molecule has 0 saturated carbocycles. The van der Waals surface area contributed by atoms with Gasteiger partial charge in [0.15, 0.2) is 11.6 Å². The molecule has 2 aromatic carbocycles. The predicted molar refractivity (Wildman–Crippen MR) is 104 cm³/mol. The first kappa shape index (κ1) is 18.7. The lowest BCUT2D eigenvalue weighted by Gasteiger charge is -2.11. The number of carbonyl (C=O) groups is 1. The minimum Gasteiger partial charge on any atom is -0.485 e. The number of hydrogen-bond donors (Lipinski definition) is 2. The van der Waals surface area contributed by atoms with E-state index in [1.807, 2.05) is 6.07 Å². The highest BCUT2D eigenvalue weighted by atomic mass is 35.5. The van der Waals surface area contributed by atoms with Crippen LogP contribution in [0, 0.1) is 12.7 Å². The van der Waals surface area contributed by atoms with E-state index in [0.717, 1.165) is 5.56 Å². The maximum atomic E-state index is 13.4. The minimum atomic E-state index is -0.458. The quantitative estimate of drug-likeness (QED) is 0.673. The number of carbonyl (C=O) groups excluding carboxylic acids is 1. The van der Waals surface area contributed by atoms with Crippen molar-refractivity contribution in [2.75, 3.05) is 11.1 Å². The Hall–Kier alpha value is -3.12. The van der Waals surface area contributed by atoms with Crippen LogP contribution in [0.5, 0.6) is 5.75 Å². The number of aromatic nitrogens is 1. The summed E-state index contributed by atoms with van der Waals surface area (Å²) >= 11 is 5.89. The molecule has 1 heterocycles. The highest BCUT2D eigenvalue weighted by Crippen LogP contribution is 2.24. The molecule has 1 amide bonds. The molecule has 0 aliphatic heterocycles. The van der Waals surface area contributed by atoms with Crippen molar-refractivity contribution in [2.24, 2.45) is 0 Å². The van der Waals surface area contributed by atoms with E-state index in [0.29, 0.717) is 22.0 Å². The first-order valence-corrected chi connectivity index (χ1v) is 8.50. The van der Waals surface area contributed by atoms with Crippen LogP contribution in [0.3, 0.4) is 0 Å². The fourth-order valence-corrected chi connectivity index (χ4v) is 2.63. The molecular formula is C20H17ClFN3O2. The average Bonchev–Trinajstić information content (AvgIpc) is 2.64. The van der Waals surface area contributed by atoms with Gasteiger partial charge >= 0.3 is 0 Å². The van der Waals surface area contributed by atoms with Gasteiger partial charge in [-0.15, -0.1) is 0 Å². The van der Waals surface area contributed by atoms with Crippen LogP contribution in [0.15, 0.2) is 54.7 Å². The average molecular weight is 386 g/mol. The topological polar surface area (TPSA) is 77.2 Å². The Morgan fingerprint density at radius 3 is 2.89 bits per heavy atom. The summed E-state index contributed by atoms with van der Waals surface area (Å²) < 4.78 is 19.1. The monoisotopic (exact) mass is 385 g/mol. The molecular weight excluding hydrogens is 369 g/mol. The van der Waals surface area contributed by atoms with E-state index in [2.05, 4.69) is 10.3 Å². The Kier molecular flexibility index (Phi) is 5.57. The number of rotatable bonds is 5. The molecule has 0 saturated heterocycles. The smallest absolute Gasteiger partial charge is 0.256 e. The largest absolute Gasteiger partial charge is 0.485 e. The lowest BCUT2D eigenvalue weighted by atomic mass is 10.1. The molecule has 3 aromatic rings. The number of pyridine rings is 1. The molecule has 0 atom stereocenters. The highest BCUT2D eigenvalue weighted by molar-refractivity contribution is 6.30. The summed E-state index contributed by atoms with van der Waals surface area (Å²) in [4.78, 5) is 16.3. The SMILES string of the molecule is Cc1ccc(F)cc1C(=O)Nc1cccc(COc2cc(Cl)cnc2N)c1. The van der Waals surface area contributed by atoms with Gasteiger partial charge in [-0.2, -0.15) is 0 Å². The fraction of sp³-hybridized carbons (Fsp3) is 0.100. The number of nitrogens with two attached hydrogens (primary N) is 1. The second-order valence-corrected chi connectivity index (χ2v) is 6.38. The molecule has 0 unspecified atom stereocenters. The van der Waals surface area contributed by atoms with E-state index < -0.39 is 5.82 Å². The van der Waals surface area contributed by atoms with Crippen molar-refractivity contribution < 1.29 is 13.9 Å². The molecule has 7 heteroatoms. The van der Waals surface area contributed by atoms with Gasteiger partial charge in [0.2, 0.25) is 0 Å². The molecule has 0 fully saturated rings. The number of nitrogens with zero attached hydrogens (tertiary/aromatic N) is 1. The zero-order chi connectivity index (χ0) is 19.4. The second kappa shape index (κ2) is 8.05. The summed E-state index contributed by atoms with van der Waals surface area (Å²) in [6.07, 6.45) is 1.44. The van der Waals surface area contributed by atoms with E-state index in [4.69, 9.17) is 22.1 Å². The summed E-state index contributed by atoms with van der Waals surface area (Å²) in [7, 11) is 0. The van der Waals surface area contributed by atoms with E-state index >= 15 is 0 Å². The number of anilines is 2. The van der Waals surface area contributed by atoms with Gasteiger partial charge in [-0.25, -0.2) is 9.37 Å². The van der Waals surface area contributed by atoms with Crippen molar-refractivity contribution in [1.82, 2.24) is 4.98 Å². The van der Waals surface area contributed by atoms with E-state index in [-0.39, 0.29) is 23.9 Å². The molecule has 0 aliphatic rings. The zero-order valence-electron chi connectivity index (χ0n) is 14.5. The van der Waals surface area contributed by atoms with Crippen LogP contribution in [0.1, 0.15) is 21.5 Å². The maximum Gasteiger partial charge on any atom is 0.256 e. The zero-order valence-corrected chi connectivity index (χ0v) is 15.3. The van der Waals surface area contributed by atoms with Crippen LogP contribution in [0.4, 0.5) is 15.9 Å². The maximum absolute atomic E-state index is 13.4. The third-order valence-electron chi connectivity index (χ3n) is 3.87. The summed E-state index contributed by atoms with van der Waals surface area (Å²) in [6.45, 7) is 1.97. The van der Waals surface area contributed by atoms with Crippen molar-refractivity contribution in [3.05, 3.63) is 82.3 Å². The third-order valence-corrected chi connectivity index (χ3v) is 4.08. The van der Waals surface area contributed by atoms with E-state index in [1.54, 1.807) is 37.3 Å². The minimum absolute atomic E-state index is 0.217. The Morgan fingerprint density at radius 1 is 1.26 bits per heavy atom. The first-order chi connectivity index (χ1) is 12.9. The molecule has 1 aromatic heterocycles. The molecule has 3 rings (SSSR count). The van der Waals surface area contributed by atoms with Gasteiger partial charge in [-0.05, 0) is 42.3 Å². The number of benzene rings is 2. The van der Waals surface area contributed by atoms with E-state index in [9.17, 15) is 9.18 Å². The summed E-state index contributed by atoms with van der Waals surface area (Å²) in [6, 6.07) is 12.8. The fourth-order valence-electron chi connectivity index (χ4n) is 2.48. The van der Waals surface area contributed by atoms with Gasteiger partial charge in [0.05, 0.1) is 5.02 Å². The molecule has 0 aliphatic carbocycles. The lowest BCUT2D eigenvalue weighted by molar-refractivity contribution is 0.102. The van der Waals surface area contributed by atoms with Gasteiger partial charge in [-0.1, -0.05) is 29.8 Å². The normalized spacial score (nSPS) is 10.5. The van der Waals surface area contributed by atoms with Gasteiger partial charge < -0.3 is 15.8 Å². The van der Waals surface area contributed by atoms with Gasteiger partial charge in [-0.3, -0.25) is 4.79 Å². The summed E-state index contributed by atoms with van der Waals surface area (Å²) in [5.74, 6) is -0.216. The Balaban J connectivity index is 1.71. The molecule has 27 heavy (non-hydrogen) atoms. The van der Waals surface area contributed by atoms with Gasteiger partial charge in [0.25, 0.3) is 5.91 Å². The number of halogens is 2. The molecule has 138 valence electrons. The molecule has 0 spiro atoms. The van der Waals surface area contributed by atoms with Crippen LogP contribution >= 0.6 is 11.6 Å². The Bertz CT molecular complexity index is 995. The number of nitrogens with one attached hydrogen (secondary N) is 1. The van der Waals surface area contributed by atoms with Crippen molar-refractivity contribution >= 4 is 29.0 Å². The van der Waals surface area contributed by atoms with Crippen LogP contribution < -0.4 is 15.8 Å². The van der Waals surface area contributed by atoms with Crippen LogP contribution in [0.25, 0.3) is 0 Å². The third kappa shape index (κ3) is 4.74. The van der Waals surface area contributed by atoms with Crippen molar-refractivity contribution in [3.8, 4) is 5.75 Å². The van der Waals surface area contributed by atoms with E-state index in [1.165, 1.54) is 18.3 Å². The lowest BCUT2D eigenvalue weighted by Crippen LogP contribution is -2.14. The van der Waals surface area contributed by atoms with Gasteiger partial charge in [0, 0.05) is 23.5 Å².